The maximum atomic E-state index is 12.4. The van der Waals surface area contributed by atoms with Crippen LogP contribution in [0.5, 0.6) is 0 Å². The quantitative estimate of drug-likeness (QED) is 0.0533. The topological polar surface area (TPSA) is 55.7 Å². The van der Waals surface area contributed by atoms with Gasteiger partial charge in [0.05, 0.1) is 11.7 Å². The van der Waals surface area contributed by atoms with Gasteiger partial charge in [0, 0.05) is 15.4 Å². The van der Waals surface area contributed by atoms with E-state index in [1.165, 1.54) is 23.3 Å². The summed E-state index contributed by atoms with van der Waals surface area (Å²) in [6, 6.07) is 58.2. The molecule has 6 heteroatoms. The Morgan fingerprint density at radius 3 is 1.34 bits per heavy atom. The average Bonchev–Trinajstić information content (AvgIpc) is 3.15. The lowest BCUT2D eigenvalue weighted by Crippen LogP contribution is -2.64. The zero-order valence-electron chi connectivity index (χ0n) is 26.4. The standard InChI is InChI=1S/C22H17NO3S.C19H18B/c1-16(23-26-22(25)18-8-4-2-5-9-18)21(24)17-12-14-20(15-13-17)27-19-10-6-3-7-11-19;1-20(17-11-5-2-6-12-17,18-13-7-3-8-14-18)19-15-9-4-10-16-19/h2-15H,1H3;2-16H,1H3/q;-1/b23-16+;. The summed E-state index contributed by atoms with van der Waals surface area (Å²) in [6.45, 7) is 3.88. The zero-order valence-corrected chi connectivity index (χ0v) is 27.2. The fourth-order valence-electron chi connectivity index (χ4n) is 5.38. The van der Waals surface area contributed by atoms with Crippen molar-refractivity contribution in [3.05, 3.63) is 187 Å². The molecule has 0 fully saturated rings. The van der Waals surface area contributed by atoms with Crippen LogP contribution in [0.3, 0.4) is 0 Å². The lowest BCUT2D eigenvalue weighted by atomic mass is 9.17. The van der Waals surface area contributed by atoms with Gasteiger partial charge in [-0.3, -0.25) is 4.79 Å². The first-order valence-corrected chi connectivity index (χ1v) is 16.3. The van der Waals surface area contributed by atoms with Gasteiger partial charge in [-0.05, 0) is 55.5 Å². The minimum absolute atomic E-state index is 0.114. The van der Waals surface area contributed by atoms with E-state index in [0.29, 0.717) is 11.1 Å². The Labute approximate surface area is 281 Å². The molecule has 0 aliphatic carbocycles. The number of rotatable bonds is 9. The van der Waals surface area contributed by atoms with Crippen molar-refractivity contribution in [3.8, 4) is 0 Å². The largest absolute Gasteiger partial charge is 0.365 e. The Balaban J connectivity index is 0.000000193. The summed E-state index contributed by atoms with van der Waals surface area (Å²) in [5.74, 6) is -0.885. The van der Waals surface area contributed by atoms with Crippen LogP contribution < -0.4 is 16.4 Å². The van der Waals surface area contributed by atoms with Crippen molar-refractivity contribution >= 4 is 51.8 Å². The van der Waals surface area contributed by atoms with Crippen molar-refractivity contribution in [2.45, 2.75) is 23.5 Å². The fraction of sp³-hybridized carbons (Fsp3) is 0.0488. The third-order valence-electron chi connectivity index (χ3n) is 8.10. The molecule has 0 atom stereocenters. The van der Waals surface area contributed by atoms with Gasteiger partial charge in [-0.15, -0.1) is 0 Å². The minimum atomic E-state index is -0.912. The molecule has 0 saturated heterocycles. The van der Waals surface area contributed by atoms with E-state index >= 15 is 0 Å². The van der Waals surface area contributed by atoms with Crippen LogP contribution in [0, 0.1) is 0 Å². The number of carbonyl (C=O) groups is 2. The van der Waals surface area contributed by atoms with Crippen molar-refractivity contribution in [2.75, 3.05) is 0 Å². The molecule has 4 nitrogen and oxygen atoms in total. The molecule has 0 aliphatic heterocycles. The highest BCUT2D eigenvalue weighted by Gasteiger charge is 2.24. The smallest absolute Gasteiger partial charge is 0.312 e. The van der Waals surface area contributed by atoms with Crippen LogP contribution in [0.15, 0.2) is 191 Å². The van der Waals surface area contributed by atoms with E-state index in [9.17, 15) is 9.59 Å². The van der Waals surface area contributed by atoms with E-state index < -0.39 is 12.1 Å². The molecule has 6 rings (SSSR count). The third-order valence-corrected chi connectivity index (χ3v) is 9.11. The molecular weight excluding hydrogens is 597 g/mol. The second-order valence-electron chi connectivity index (χ2n) is 11.2. The van der Waals surface area contributed by atoms with E-state index in [0.717, 1.165) is 9.79 Å². The number of hydrogen-bond donors (Lipinski definition) is 0. The van der Waals surface area contributed by atoms with Crippen LogP contribution in [0.25, 0.3) is 0 Å². The Morgan fingerprint density at radius 1 is 0.511 bits per heavy atom. The molecule has 0 amide bonds. The Hall–Kier alpha value is -5.46. The van der Waals surface area contributed by atoms with Crippen LogP contribution in [-0.2, 0) is 4.84 Å². The van der Waals surface area contributed by atoms with E-state index in [1.54, 1.807) is 54.2 Å². The SMILES string of the molecule is C/C(=N\OC(=O)c1ccccc1)C(=O)c1ccc(Sc2ccccc2)cc1.C[B-](c1ccccc1)(c1ccccc1)c1ccccc1. The first-order chi connectivity index (χ1) is 22.9. The lowest BCUT2D eigenvalue weighted by molar-refractivity contribution is 0.0515. The molecule has 6 aromatic carbocycles. The predicted molar refractivity (Wildman–Crippen MR) is 196 cm³/mol. The molecule has 0 bridgehead atoms. The summed E-state index contributed by atoms with van der Waals surface area (Å²) in [6.07, 6.45) is -0.912. The molecule has 6 aromatic rings. The summed E-state index contributed by atoms with van der Waals surface area (Å²) >= 11 is 1.62. The van der Waals surface area contributed by atoms with Gasteiger partial charge in [-0.25, -0.2) is 21.2 Å². The Morgan fingerprint density at radius 2 is 0.894 bits per heavy atom. The van der Waals surface area contributed by atoms with Crippen LogP contribution >= 0.6 is 11.8 Å². The van der Waals surface area contributed by atoms with Crippen LogP contribution in [0.4, 0.5) is 0 Å². The Bertz CT molecular complexity index is 1800. The molecule has 0 unspecified atom stereocenters. The van der Waals surface area contributed by atoms with Gasteiger partial charge in [0.25, 0.3) is 0 Å². The first kappa shape index (κ1) is 32.9. The van der Waals surface area contributed by atoms with Gasteiger partial charge in [0.1, 0.15) is 5.71 Å². The molecule has 0 heterocycles. The number of nitrogens with zero attached hydrogens (tertiary/aromatic N) is 1. The fourth-order valence-corrected chi connectivity index (χ4v) is 6.21. The molecule has 0 spiro atoms. The molecule has 0 N–H and O–H groups in total. The highest BCUT2D eigenvalue weighted by molar-refractivity contribution is 7.99. The molecule has 0 aliphatic rings. The average molecular weight is 633 g/mol. The van der Waals surface area contributed by atoms with Crippen molar-refractivity contribution in [1.82, 2.24) is 0 Å². The number of benzene rings is 6. The summed E-state index contributed by atoms with van der Waals surface area (Å²) in [7, 11) is 0. The third kappa shape index (κ3) is 8.63. The van der Waals surface area contributed by atoms with Crippen molar-refractivity contribution in [2.24, 2.45) is 5.16 Å². The summed E-state index contributed by atoms with van der Waals surface area (Å²) in [5.41, 5.74) is 5.12. The van der Waals surface area contributed by atoms with Gasteiger partial charge >= 0.3 is 5.97 Å². The molecule has 0 radical (unpaired) electrons. The second-order valence-corrected chi connectivity index (χ2v) is 12.4. The maximum absolute atomic E-state index is 12.4. The zero-order chi connectivity index (χ0) is 32.9. The van der Waals surface area contributed by atoms with Crippen molar-refractivity contribution in [3.63, 3.8) is 0 Å². The Kier molecular flexibility index (Phi) is 11.4. The molecule has 232 valence electrons. The lowest BCUT2D eigenvalue weighted by Gasteiger charge is -2.39. The van der Waals surface area contributed by atoms with Gasteiger partial charge in [0.2, 0.25) is 5.78 Å². The van der Waals surface area contributed by atoms with Crippen LogP contribution in [-0.4, -0.2) is 23.6 Å². The summed E-state index contributed by atoms with van der Waals surface area (Å²) < 4.78 is 0. The van der Waals surface area contributed by atoms with Crippen molar-refractivity contribution < 1.29 is 14.4 Å². The maximum Gasteiger partial charge on any atom is 0.365 e. The molecule has 47 heavy (non-hydrogen) atoms. The molecule has 0 aromatic heterocycles. The van der Waals surface area contributed by atoms with E-state index in [4.69, 9.17) is 4.84 Å². The number of Topliss-reactive ketones (excluding diaryl/α,β-unsaturated/α-hetero) is 1. The molecule has 0 saturated carbocycles. The minimum Gasteiger partial charge on any atom is -0.312 e. The number of hydrogen-bond acceptors (Lipinski definition) is 5. The van der Waals surface area contributed by atoms with Crippen molar-refractivity contribution in [1.29, 1.82) is 0 Å². The normalized spacial score (nSPS) is 11.1. The van der Waals surface area contributed by atoms with E-state index in [2.05, 4.69) is 103 Å². The highest BCUT2D eigenvalue weighted by Crippen LogP contribution is 2.27. The van der Waals surface area contributed by atoms with Gasteiger partial charge in [0.15, 0.2) is 0 Å². The first-order valence-electron chi connectivity index (χ1n) is 15.5. The van der Waals surface area contributed by atoms with Crippen LogP contribution in [0.1, 0.15) is 27.6 Å². The number of oxime groups is 1. The number of ketones is 1. The van der Waals surface area contributed by atoms with Gasteiger partial charge in [-0.1, -0.05) is 144 Å². The van der Waals surface area contributed by atoms with Crippen LogP contribution in [0.2, 0.25) is 6.82 Å². The number of carbonyl (C=O) groups excluding carboxylic acids is 2. The van der Waals surface area contributed by atoms with E-state index in [-0.39, 0.29) is 11.5 Å². The van der Waals surface area contributed by atoms with Gasteiger partial charge < -0.3 is 4.84 Å². The van der Waals surface area contributed by atoms with Gasteiger partial charge in [-0.2, -0.15) is 6.82 Å². The summed E-state index contributed by atoms with van der Waals surface area (Å²) in [5, 5.41) is 3.68. The monoisotopic (exact) mass is 632 g/mol. The molecular formula is C41H35BNO3S-. The highest BCUT2D eigenvalue weighted by atomic mass is 32.2. The summed E-state index contributed by atoms with van der Waals surface area (Å²) in [4.78, 5) is 31.3. The predicted octanol–water partition coefficient (Wildman–Crippen LogP) is 8.04. The van der Waals surface area contributed by atoms with E-state index in [1.807, 2.05) is 42.5 Å². The second kappa shape index (κ2) is 16.2.